The Labute approximate surface area is 140 Å². The second-order valence-electron chi connectivity index (χ2n) is 5.63. The quantitative estimate of drug-likeness (QED) is 0.640. The van der Waals surface area contributed by atoms with Crippen molar-refractivity contribution in [2.45, 2.75) is 12.8 Å². The molecule has 3 rings (SSSR count). The van der Waals surface area contributed by atoms with E-state index in [0.29, 0.717) is 24.1 Å². The van der Waals surface area contributed by atoms with Crippen molar-refractivity contribution in [2.75, 3.05) is 11.4 Å². The molecule has 1 heterocycles. The van der Waals surface area contributed by atoms with Crippen LogP contribution in [0.5, 0.6) is 0 Å². The molecule has 0 bridgehead atoms. The molecule has 1 saturated heterocycles. The predicted octanol–water partition coefficient (Wildman–Crippen LogP) is 3.58. The van der Waals surface area contributed by atoms with E-state index < -0.39 is 0 Å². The van der Waals surface area contributed by atoms with Crippen molar-refractivity contribution in [2.24, 2.45) is 0 Å². The highest BCUT2D eigenvalue weighted by molar-refractivity contribution is 6.08. The summed E-state index contributed by atoms with van der Waals surface area (Å²) in [6, 6.07) is 16.3. The van der Waals surface area contributed by atoms with Gasteiger partial charge >= 0.3 is 0 Å². The zero-order valence-corrected chi connectivity index (χ0v) is 13.1. The Hall–Kier alpha value is -3.19. The van der Waals surface area contributed by atoms with Crippen molar-refractivity contribution < 1.29 is 9.59 Å². The summed E-state index contributed by atoms with van der Waals surface area (Å²) in [4.78, 5) is 25.9. The van der Waals surface area contributed by atoms with Gasteiger partial charge in [0, 0.05) is 24.2 Å². The van der Waals surface area contributed by atoms with Crippen LogP contribution in [0.1, 0.15) is 34.3 Å². The number of carbonyl (C=O) groups excluding carboxylic acids is 2. The third kappa shape index (κ3) is 3.41. The number of rotatable bonds is 4. The fourth-order valence-electron chi connectivity index (χ4n) is 2.73. The lowest BCUT2D eigenvalue weighted by Gasteiger charge is -2.16. The summed E-state index contributed by atoms with van der Waals surface area (Å²) in [5, 5.41) is 8.90. The van der Waals surface area contributed by atoms with Crippen LogP contribution in [-0.2, 0) is 4.79 Å². The molecule has 0 aromatic heterocycles. The summed E-state index contributed by atoms with van der Waals surface area (Å²) in [5.41, 5.74) is 2.66. The smallest absolute Gasteiger partial charge is 0.227 e. The topological polar surface area (TPSA) is 61.2 Å². The number of anilines is 1. The van der Waals surface area contributed by atoms with Crippen molar-refractivity contribution in [3.63, 3.8) is 0 Å². The summed E-state index contributed by atoms with van der Waals surface area (Å²) in [6.07, 6.45) is 4.59. The lowest BCUT2D eigenvalue weighted by atomic mass is 10.1. The minimum absolute atomic E-state index is 0.100. The summed E-state index contributed by atoms with van der Waals surface area (Å²) >= 11 is 0. The number of hydrogen-bond donors (Lipinski definition) is 0. The van der Waals surface area contributed by atoms with Crippen molar-refractivity contribution in [1.29, 1.82) is 5.26 Å². The molecule has 1 aliphatic heterocycles. The molecule has 2 aromatic rings. The lowest BCUT2D eigenvalue weighted by Crippen LogP contribution is -2.23. The maximum absolute atomic E-state index is 12.4. The van der Waals surface area contributed by atoms with Gasteiger partial charge in [0.05, 0.1) is 11.6 Å². The first-order valence-corrected chi connectivity index (χ1v) is 7.80. The highest BCUT2D eigenvalue weighted by Crippen LogP contribution is 2.22. The molecule has 0 N–H and O–H groups in total. The van der Waals surface area contributed by atoms with Crippen LogP contribution in [0.25, 0.3) is 6.08 Å². The first-order valence-electron chi connectivity index (χ1n) is 7.80. The van der Waals surface area contributed by atoms with E-state index in [0.717, 1.165) is 17.7 Å². The Kier molecular flexibility index (Phi) is 4.53. The summed E-state index contributed by atoms with van der Waals surface area (Å²) in [7, 11) is 0. The van der Waals surface area contributed by atoms with Crippen LogP contribution >= 0.6 is 0 Å². The Morgan fingerprint density at radius 2 is 2.00 bits per heavy atom. The third-order valence-corrected chi connectivity index (χ3v) is 3.96. The number of allylic oxidation sites excluding steroid dienone is 1. The molecular weight excluding hydrogens is 300 g/mol. The normalized spacial score (nSPS) is 14.1. The van der Waals surface area contributed by atoms with Crippen molar-refractivity contribution >= 4 is 23.5 Å². The predicted molar refractivity (Wildman–Crippen MR) is 92.6 cm³/mol. The van der Waals surface area contributed by atoms with Gasteiger partial charge < -0.3 is 4.90 Å². The van der Waals surface area contributed by atoms with Crippen molar-refractivity contribution in [1.82, 2.24) is 0 Å². The fraction of sp³-hybridized carbons (Fsp3) is 0.150. The zero-order valence-electron chi connectivity index (χ0n) is 13.1. The van der Waals surface area contributed by atoms with Gasteiger partial charge in [-0.2, -0.15) is 5.26 Å². The molecule has 0 spiro atoms. The Bertz CT molecular complexity index is 862. The largest absolute Gasteiger partial charge is 0.312 e. The molecule has 1 amide bonds. The van der Waals surface area contributed by atoms with Gasteiger partial charge in [-0.05, 0) is 42.3 Å². The SMILES string of the molecule is N#Cc1cccc(C=CC(=O)c2cccc(N3CCCC3=O)c2)c1. The Morgan fingerprint density at radius 3 is 2.75 bits per heavy atom. The molecule has 118 valence electrons. The van der Waals surface area contributed by atoms with Gasteiger partial charge in [0.25, 0.3) is 0 Å². The third-order valence-electron chi connectivity index (χ3n) is 3.96. The van der Waals surface area contributed by atoms with Gasteiger partial charge in [0.1, 0.15) is 0 Å². The van der Waals surface area contributed by atoms with Crippen LogP contribution in [-0.4, -0.2) is 18.2 Å². The van der Waals surface area contributed by atoms with Crippen LogP contribution in [0.15, 0.2) is 54.6 Å². The summed E-state index contributed by atoms with van der Waals surface area (Å²) < 4.78 is 0. The van der Waals surface area contributed by atoms with Gasteiger partial charge in [-0.15, -0.1) is 0 Å². The molecule has 24 heavy (non-hydrogen) atoms. The number of nitriles is 1. The summed E-state index contributed by atoms with van der Waals surface area (Å²) in [5.74, 6) is -0.0330. The maximum Gasteiger partial charge on any atom is 0.227 e. The molecule has 2 aromatic carbocycles. The highest BCUT2D eigenvalue weighted by atomic mass is 16.2. The van der Waals surface area contributed by atoms with E-state index in [1.807, 2.05) is 12.1 Å². The van der Waals surface area contributed by atoms with Crippen LogP contribution in [0, 0.1) is 11.3 Å². The molecule has 0 saturated carbocycles. The van der Waals surface area contributed by atoms with E-state index >= 15 is 0 Å². The van der Waals surface area contributed by atoms with E-state index in [1.165, 1.54) is 6.08 Å². The molecule has 0 radical (unpaired) electrons. The monoisotopic (exact) mass is 316 g/mol. The van der Waals surface area contributed by atoms with Crippen molar-refractivity contribution in [3.05, 3.63) is 71.3 Å². The Balaban J connectivity index is 1.79. The average molecular weight is 316 g/mol. The molecular formula is C20H16N2O2. The van der Waals surface area contributed by atoms with E-state index in [2.05, 4.69) is 6.07 Å². The van der Waals surface area contributed by atoms with Gasteiger partial charge in [0.15, 0.2) is 5.78 Å². The number of nitrogens with zero attached hydrogens (tertiary/aromatic N) is 2. The van der Waals surface area contributed by atoms with Crippen LogP contribution in [0.4, 0.5) is 5.69 Å². The number of ketones is 1. The second-order valence-corrected chi connectivity index (χ2v) is 5.63. The molecule has 0 unspecified atom stereocenters. The van der Waals surface area contributed by atoms with E-state index in [9.17, 15) is 9.59 Å². The summed E-state index contributed by atoms with van der Waals surface area (Å²) in [6.45, 7) is 0.702. The average Bonchev–Trinajstić information content (AvgIpc) is 3.06. The van der Waals surface area contributed by atoms with Gasteiger partial charge in [-0.1, -0.05) is 30.3 Å². The van der Waals surface area contributed by atoms with Gasteiger partial charge in [-0.25, -0.2) is 0 Å². The first kappa shape index (κ1) is 15.7. The van der Waals surface area contributed by atoms with Crippen LogP contribution in [0.3, 0.4) is 0 Å². The number of hydrogen-bond acceptors (Lipinski definition) is 3. The van der Waals surface area contributed by atoms with Gasteiger partial charge in [-0.3, -0.25) is 9.59 Å². The molecule has 1 fully saturated rings. The Morgan fingerprint density at radius 1 is 1.17 bits per heavy atom. The zero-order chi connectivity index (χ0) is 16.9. The molecule has 4 heteroatoms. The van der Waals surface area contributed by atoms with Gasteiger partial charge in [0.2, 0.25) is 5.91 Å². The van der Waals surface area contributed by atoms with E-state index in [1.54, 1.807) is 47.4 Å². The standard InChI is InChI=1S/C20H16N2O2/c21-14-16-5-1-4-15(12-16)9-10-19(23)17-6-2-7-18(13-17)22-11-3-8-20(22)24/h1-2,4-7,9-10,12-13H,3,8,11H2. The minimum Gasteiger partial charge on any atom is -0.312 e. The fourth-order valence-corrected chi connectivity index (χ4v) is 2.73. The highest BCUT2D eigenvalue weighted by Gasteiger charge is 2.21. The minimum atomic E-state index is -0.133. The number of carbonyl (C=O) groups is 2. The molecule has 0 aliphatic carbocycles. The maximum atomic E-state index is 12.4. The molecule has 0 atom stereocenters. The second kappa shape index (κ2) is 6.93. The van der Waals surface area contributed by atoms with E-state index in [4.69, 9.17) is 5.26 Å². The van der Waals surface area contributed by atoms with Crippen molar-refractivity contribution in [3.8, 4) is 6.07 Å². The molecule has 4 nitrogen and oxygen atoms in total. The van der Waals surface area contributed by atoms with E-state index in [-0.39, 0.29) is 11.7 Å². The first-order chi connectivity index (χ1) is 11.7. The number of amides is 1. The van der Waals surface area contributed by atoms with Crippen LogP contribution < -0.4 is 4.90 Å². The van der Waals surface area contributed by atoms with Crippen LogP contribution in [0.2, 0.25) is 0 Å². The molecule has 1 aliphatic rings. The lowest BCUT2D eigenvalue weighted by molar-refractivity contribution is -0.117. The number of benzene rings is 2.